The van der Waals surface area contributed by atoms with Crippen molar-refractivity contribution in [2.75, 3.05) is 33.4 Å². The second-order valence-electron chi connectivity index (χ2n) is 13.9. The lowest BCUT2D eigenvalue weighted by Crippen LogP contribution is -2.59. The van der Waals surface area contributed by atoms with Crippen LogP contribution in [0.25, 0.3) is 0 Å². The minimum absolute atomic E-state index is 0.0903. The van der Waals surface area contributed by atoms with Crippen LogP contribution in [0.15, 0.2) is 78.9 Å². The van der Waals surface area contributed by atoms with Crippen LogP contribution in [0.1, 0.15) is 55.2 Å². The molecule has 0 aliphatic carbocycles. The smallest absolute Gasteiger partial charge is 0.258 e. The summed E-state index contributed by atoms with van der Waals surface area (Å²) in [4.78, 5) is 86.1. The number of nitrogens with zero attached hydrogens (tertiary/aromatic N) is 2. The summed E-state index contributed by atoms with van der Waals surface area (Å²) in [5.41, 5.74) is 1.53. The highest BCUT2D eigenvalue weighted by molar-refractivity contribution is 6.00. The van der Waals surface area contributed by atoms with Crippen LogP contribution in [0.3, 0.4) is 0 Å². The Bertz CT molecular complexity index is 1840. The summed E-state index contributed by atoms with van der Waals surface area (Å²) in [5.74, 6) is -3.27. The Labute approximate surface area is 314 Å². The molecular weight excluding hydrogens is 692 g/mol. The van der Waals surface area contributed by atoms with Crippen LogP contribution < -0.4 is 30.7 Å². The molecule has 14 nitrogen and oxygen atoms in total. The number of likely N-dealkylation sites (N-methyl/N-ethyl adjacent to an activating group) is 1. The van der Waals surface area contributed by atoms with E-state index in [1.54, 1.807) is 62.4 Å². The number of benzene rings is 3. The van der Waals surface area contributed by atoms with Crippen molar-refractivity contribution < 1.29 is 38.2 Å². The number of carbonyl (C=O) groups is 6. The van der Waals surface area contributed by atoms with Crippen molar-refractivity contribution in [2.45, 2.75) is 64.3 Å². The van der Waals surface area contributed by atoms with Gasteiger partial charge < -0.3 is 40.5 Å². The zero-order valence-electron chi connectivity index (χ0n) is 31.2. The lowest BCUT2D eigenvalue weighted by molar-refractivity contribution is -0.142. The number of nitrogens with one attached hydrogen (secondary N) is 4. The maximum Gasteiger partial charge on any atom is 0.258 e. The van der Waals surface area contributed by atoms with Crippen molar-refractivity contribution in [1.82, 2.24) is 31.1 Å². The molecule has 5 rings (SSSR count). The molecule has 1 saturated heterocycles. The second kappa shape index (κ2) is 17.7. The molecule has 1 fully saturated rings. The van der Waals surface area contributed by atoms with Crippen molar-refractivity contribution in [3.8, 4) is 11.5 Å². The molecule has 0 saturated carbocycles. The first-order valence-electron chi connectivity index (χ1n) is 18.1. The predicted molar refractivity (Wildman–Crippen MR) is 199 cm³/mol. The van der Waals surface area contributed by atoms with Gasteiger partial charge >= 0.3 is 0 Å². The van der Waals surface area contributed by atoms with Gasteiger partial charge in [-0.3, -0.25) is 28.8 Å². The maximum absolute atomic E-state index is 14.5. The summed E-state index contributed by atoms with van der Waals surface area (Å²) < 4.78 is 11.6. The highest BCUT2D eigenvalue weighted by Crippen LogP contribution is 2.34. The van der Waals surface area contributed by atoms with Gasteiger partial charge in [-0.05, 0) is 43.0 Å². The van der Waals surface area contributed by atoms with Crippen LogP contribution in [-0.4, -0.2) is 103 Å². The number of amides is 6. The SMILES string of the molecule is CC(C)[C@H]1NC(=O)[C@H](C)N(C)C(=O)[C@H](Cc2ccccc2)NC(=O)CN(C(=O)c2cccc3c2OCCO3)C[C@@H](c2ccccc2)NC(=O)[C@H](C)NC1=O. The average Bonchev–Trinajstić information content (AvgIpc) is 3.17. The largest absolute Gasteiger partial charge is 0.486 e. The van der Waals surface area contributed by atoms with E-state index >= 15 is 0 Å². The third-order valence-electron chi connectivity index (χ3n) is 9.56. The van der Waals surface area contributed by atoms with E-state index in [9.17, 15) is 28.8 Å². The molecule has 0 spiro atoms. The summed E-state index contributed by atoms with van der Waals surface area (Å²) in [7, 11) is 1.45. The molecule has 0 unspecified atom stereocenters. The van der Waals surface area contributed by atoms with E-state index in [1.807, 2.05) is 30.3 Å². The van der Waals surface area contributed by atoms with E-state index in [0.717, 1.165) is 5.56 Å². The number of ether oxygens (including phenoxy) is 2. The van der Waals surface area contributed by atoms with Gasteiger partial charge in [0.2, 0.25) is 29.5 Å². The van der Waals surface area contributed by atoms with Crippen molar-refractivity contribution in [3.05, 3.63) is 95.6 Å². The van der Waals surface area contributed by atoms with Crippen LogP contribution in [0.4, 0.5) is 0 Å². The standard InChI is InChI=1S/C40H48N6O8/c1-24(2)34-38(50)41-25(3)36(48)43-31(28-15-10-7-11-16-28)22-46(39(51)29-17-12-18-32-35(29)54-20-19-53-32)23-33(47)42-30(21-27-13-8-6-9-14-27)40(52)45(5)26(4)37(49)44-34/h6-18,24-26,30-31,34H,19-23H2,1-5H3,(H,41,50)(H,42,47)(H,43,48)(H,44,49)/t25-,26-,30-,31-,34+/m0/s1. The van der Waals surface area contributed by atoms with Gasteiger partial charge in [0.25, 0.3) is 5.91 Å². The van der Waals surface area contributed by atoms with Gasteiger partial charge in [0, 0.05) is 20.0 Å². The monoisotopic (exact) mass is 740 g/mol. The van der Waals surface area contributed by atoms with Crippen LogP contribution in [-0.2, 0) is 30.4 Å². The first kappa shape index (κ1) is 39.3. The fourth-order valence-electron chi connectivity index (χ4n) is 6.32. The Morgan fingerprint density at radius 3 is 2.13 bits per heavy atom. The fraction of sp³-hybridized carbons (Fsp3) is 0.400. The van der Waals surface area contributed by atoms with Crippen molar-refractivity contribution >= 4 is 35.4 Å². The molecule has 6 amide bonds. The molecular formula is C40H48N6O8. The third kappa shape index (κ3) is 9.54. The van der Waals surface area contributed by atoms with Gasteiger partial charge in [-0.1, -0.05) is 80.6 Å². The minimum atomic E-state index is -1.13. The van der Waals surface area contributed by atoms with E-state index in [1.165, 1.54) is 30.7 Å². The van der Waals surface area contributed by atoms with Gasteiger partial charge in [-0.25, -0.2) is 0 Å². The topological polar surface area (TPSA) is 175 Å². The third-order valence-corrected chi connectivity index (χ3v) is 9.56. The van der Waals surface area contributed by atoms with E-state index in [4.69, 9.17) is 9.47 Å². The number of carbonyl (C=O) groups excluding carboxylic acids is 6. The van der Waals surface area contributed by atoms with E-state index in [-0.39, 0.29) is 36.8 Å². The minimum Gasteiger partial charge on any atom is -0.486 e. The molecule has 2 heterocycles. The first-order valence-corrected chi connectivity index (χ1v) is 18.1. The molecule has 0 aromatic heterocycles. The highest BCUT2D eigenvalue weighted by Gasteiger charge is 2.35. The van der Waals surface area contributed by atoms with Crippen molar-refractivity contribution in [2.24, 2.45) is 5.92 Å². The van der Waals surface area contributed by atoms with Gasteiger partial charge in [0.15, 0.2) is 11.5 Å². The first-order chi connectivity index (χ1) is 25.8. The molecule has 54 heavy (non-hydrogen) atoms. The zero-order valence-corrected chi connectivity index (χ0v) is 31.2. The Hall–Kier alpha value is -5.92. The summed E-state index contributed by atoms with van der Waals surface area (Å²) >= 11 is 0. The quantitative estimate of drug-likeness (QED) is 0.307. The fourth-order valence-corrected chi connectivity index (χ4v) is 6.32. The van der Waals surface area contributed by atoms with Crippen molar-refractivity contribution in [3.63, 3.8) is 0 Å². The van der Waals surface area contributed by atoms with Crippen LogP contribution in [0.5, 0.6) is 11.5 Å². The molecule has 4 N–H and O–H groups in total. The van der Waals surface area contributed by atoms with Gasteiger partial charge in [0.1, 0.15) is 37.4 Å². The van der Waals surface area contributed by atoms with Gasteiger partial charge in [-0.15, -0.1) is 0 Å². The Kier molecular flexibility index (Phi) is 12.9. The Morgan fingerprint density at radius 2 is 1.44 bits per heavy atom. The summed E-state index contributed by atoms with van der Waals surface area (Å²) in [5, 5.41) is 11.2. The highest BCUT2D eigenvalue weighted by atomic mass is 16.6. The average molecular weight is 741 g/mol. The maximum atomic E-state index is 14.5. The molecule has 2 aliphatic heterocycles. The molecule has 5 atom stereocenters. The number of hydrogen-bond acceptors (Lipinski definition) is 8. The van der Waals surface area contributed by atoms with E-state index < -0.39 is 72.2 Å². The molecule has 14 heteroatoms. The summed E-state index contributed by atoms with van der Waals surface area (Å²) in [6.07, 6.45) is 0.0903. The van der Waals surface area contributed by atoms with Gasteiger partial charge in [0.05, 0.1) is 18.2 Å². The Morgan fingerprint density at radius 1 is 0.778 bits per heavy atom. The van der Waals surface area contributed by atoms with Gasteiger partial charge in [-0.2, -0.15) is 0 Å². The lowest BCUT2D eigenvalue weighted by atomic mass is 10.0. The van der Waals surface area contributed by atoms with Crippen molar-refractivity contribution in [1.29, 1.82) is 0 Å². The number of rotatable bonds is 5. The van der Waals surface area contributed by atoms with E-state index in [2.05, 4.69) is 21.3 Å². The number of fused-ring (bicyclic) bond motifs is 1. The van der Waals surface area contributed by atoms with Crippen LogP contribution in [0.2, 0.25) is 0 Å². The van der Waals surface area contributed by atoms with Crippen LogP contribution >= 0.6 is 0 Å². The zero-order chi connectivity index (χ0) is 38.9. The predicted octanol–water partition coefficient (Wildman–Crippen LogP) is 1.99. The lowest BCUT2D eigenvalue weighted by Gasteiger charge is -2.33. The number of para-hydroxylation sites is 1. The molecule has 3 aromatic carbocycles. The normalized spacial score (nSPS) is 23.4. The van der Waals surface area contributed by atoms with E-state index in [0.29, 0.717) is 17.9 Å². The second-order valence-corrected chi connectivity index (χ2v) is 13.9. The molecule has 0 radical (unpaired) electrons. The molecule has 0 bridgehead atoms. The number of hydrogen-bond donors (Lipinski definition) is 4. The Balaban J connectivity index is 1.57. The molecule has 2 aliphatic rings. The summed E-state index contributed by atoms with van der Waals surface area (Å²) in [6, 6.07) is 17.8. The summed E-state index contributed by atoms with van der Waals surface area (Å²) in [6.45, 7) is 6.38. The van der Waals surface area contributed by atoms with Crippen LogP contribution in [0, 0.1) is 5.92 Å². The molecule has 3 aromatic rings. The molecule has 286 valence electrons.